The maximum Gasteiger partial charge on any atom is 0.316 e. The molecule has 0 amide bonds. The third-order valence-corrected chi connectivity index (χ3v) is 2.31. The van der Waals surface area contributed by atoms with Crippen molar-refractivity contribution in [2.75, 3.05) is 0 Å². The number of aromatic nitrogens is 2. The summed E-state index contributed by atoms with van der Waals surface area (Å²) in [4.78, 5) is 19.3. The van der Waals surface area contributed by atoms with E-state index >= 15 is 0 Å². The molecular formula is C11H16N2O2. The number of nitrogens with zero attached hydrogens (tertiary/aromatic N) is 2. The number of rotatable bonds is 4. The summed E-state index contributed by atoms with van der Waals surface area (Å²) in [6.07, 6.45) is 3.47. The van der Waals surface area contributed by atoms with Gasteiger partial charge in [-0.15, -0.1) is 0 Å². The van der Waals surface area contributed by atoms with E-state index in [1.165, 1.54) is 0 Å². The van der Waals surface area contributed by atoms with Crippen molar-refractivity contribution in [2.24, 2.45) is 0 Å². The zero-order valence-electron chi connectivity index (χ0n) is 9.32. The third-order valence-electron chi connectivity index (χ3n) is 2.31. The lowest BCUT2D eigenvalue weighted by atomic mass is 9.92. The number of aryl methyl sites for hydroxylation is 1. The lowest BCUT2D eigenvalue weighted by Gasteiger charge is -2.17. The minimum atomic E-state index is -1.02. The van der Waals surface area contributed by atoms with E-state index in [9.17, 15) is 4.79 Å². The molecule has 0 unspecified atom stereocenters. The number of hydrogen-bond donors (Lipinski definition) is 1. The van der Waals surface area contributed by atoms with Gasteiger partial charge >= 0.3 is 5.97 Å². The average Bonchev–Trinajstić information content (AvgIpc) is 2.18. The van der Waals surface area contributed by atoms with Crippen molar-refractivity contribution >= 4 is 5.97 Å². The van der Waals surface area contributed by atoms with Crippen LogP contribution in [0.2, 0.25) is 0 Å². The summed E-state index contributed by atoms with van der Waals surface area (Å²) in [6.45, 7) is 5.28. The van der Waals surface area contributed by atoms with Crippen molar-refractivity contribution in [3.05, 3.63) is 23.8 Å². The number of aliphatic carboxylic acids is 1. The second-order valence-electron chi connectivity index (χ2n) is 4.05. The SMILES string of the molecule is CCCc1ccnc(C(C)(C)C(=O)O)n1. The molecular weight excluding hydrogens is 192 g/mol. The molecule has 0 aromatic carbocycles. The van der Waals surface area contributed by atoms with Crippen molar-refractivity contribution in [2.45, 2.75) is 39.0 Å². The maximum absolute atomic E-state index is 11.0. The van der Waals surface area contributed by atoms with E-state index in [4.69, 9.17) is 5.11 Å². The Bertz CT molecular complexity index is 361. The molecule has 0 atom stereocenters. The van der Waals surface area contributed by atoms with Crippen molar-refractivity contribution in [3.63, 3.8) is 0 Å². The number of carbonyl (C=O) groups is 1. The van der Waals surface area contributed by atoms with Crippen molar-refractivity contribution in [3.8, 4) is 0 Å². The molecule has 82 valence electrons. The van der Waals surface area contributed by atoms with Crippen LogP contribution in [0.15, 0.2) is 12.3 Å². The van der Waals surface area contributed by atoms with Gasteiger partial charge in [0.1, 0.15) is 11.2 Å². The molecule has 1 N–H and O–H groups in total. The van der Waals surface area contributed by atoms with Gasteiger partial charge in [-0.2, -0.15) is 0 Å². The number of carboxylic acid groups (broad SMARTS) is 1. The Morgan fingerprint density at radius 1 is 1.53 bits per heavy atom. The average molecular weight is 208 g/mol. The van der Waals surface area contributed by atoms with Crippen LogP contribution >= 0.6 is 0 Å². The molecule has 0 aliphatic carbocycles. The van der Waals surface area contributed by atoms with Gasteiger partial charge in [-0.25, -0.2) is 9.97 Å². The van der Waals surface area contributed by atoms with Gasteiger partial charge in [0.05, 0.1) is 0 Å². The Labute approximate surface area is 89.4 Å². The van der Waals surface area contributed by atoms with Crippen LogP contribution < -0.4 is 0 Å². The first-order chi connectivity index (χ1) is 6.98. The van der Waals surface area contributed by atoms with Crippen LogP contribution in [-0.4, -0.2) is 21.0 Å². The van der Waals surface area contributed by atoms with Gasteiger partial charge in [-0.05, 0) is 26.3 Å². The van der Waals surface area contributed by atoms with E-state index in [0.29, 0.717) is 5.82 Å². The van der Waals surface area contributed by atoms with Gasteiger partial charge in [0.15, 0.2) is 0 Å². The first-order valence-electron chi connectivity index (χ1n) is 5.04. The van der Waals surface area contributed by atoms with Crippen molar-refractivity contribution < 1.29 is 9.90 Å². The van der Waals surface area contributed by atoms with E-state index in [-0.39, 0.29) is 0 Å². The molecule has 0 saturated heterocycles. The number of hydrogen-bond acceptors (Lipinski definition) is 3. The van der Waals surface area contributed by atoms with E-state index in [2.05, 4.69) is 16.9 Å². The van der Waals surface area contributed by atoms with Gasteiger partial charge in [0, 0.05) is 11.9 Å². The minimum Gasteiger partial charge on any atom is -0.481 e. The predicted molar refractivity (Wildman–Crippen MR) is 56.7 cm³/mol. The highest BCUT2D eigenvalue weighted by molar-refractivity contribution is 5.78. The minimum absolute atomic E-state index is 0.376. The van der Waals surface area contributed by atoms with Crippen molar-refractivity contribution in [1.82, 2.24) is 9.97 Å². The van der Waals surface area contributed by atoms with Crippen LogP contribution in [0.1, 0.15) is 38.7 Å². The molecule has 1 heterocycles. The van der Waals surface area contributed by atoms with Crippen LogP contribution in [-0.2, 0) is 16.6 Å². The Morgan fingerprint density at radius 2 is 2.20 bits per heavy atom. The standard InChI is InChI=1S/C11H16N2O2/c1-4-5-8-6-7-12-9(13-8)11(2,3)10(14)15/h6-7H,4-5H2,1-3H3,(H,14,15). The molecule has 1 rings (SSSR count). The lowest BCUT2D eigenvalue weighted by molar-refractivity contribution is -0.142. The molecule has 4 heteroatoms. The van der Waals surface area contributed by atoms with E-state index in [1.54, 1.807) is 20.0 Å². The third kappa shape index (κ3) is 2.52. The lowest BCUT2D eigenvalue weighted by Crippen LogP contribution is -2.31. The molecule has 0 spiro atoms. The molecule has 15 heavy (non-hydrogen) atoms. The first kappa shape index (κ1) is 11.6. The van der Waals surface area contributed by atoms with Gasteiger partial charge < -0.3 is 5.11 Å². The zero-order chi connectivity index (χ0) is 11.5. The molecule has 0 fully saturated rings. The quantitative estimate of drug-likeness (QED) is 0.819. The fraction of sp³-hybridized carbons (Fsp3) is 0.545. The molecule has 0 radical (unpaired) electrons. The Balaban J connectivity index is 3.04. The molecule has 0 bridgehead atoms. The van der Waals surface area contributed by atoms with Gasteiger partial charge in [-0.1, -0.05) is 13.3 Å². The summed E-state index contributed by atoms with van der Waals surface area (Å²) in [6, 6.07) is 1.82. The monoisotopic (exact) mass is 208 g/mol. The summed E-state index contributed by atoms with van der Waals surface area (Å²) < 4.78 is 0. The van der Waals surface area contributed by atoms with Gasteiger partial charge in [-0.3, -0.25) is 4.79 Å². The van der Waals surface area contributed by atoms with Gasteiger partial charge in [0.25, 0.3) is 0 Å². The largest absolute Gasteiger partial charge is 0.481 e. The molecule has 1 aromatic rings. The zero-order valence-corrected chi connectivity index (χ0v) is 9.32. The smallest absolute Gasteiger partial charge is 0.316 e. The Morgan fingerprint density at radius 3 is 2.73 bits per heavy atom. The molecule has 0 aliphatic heterocycles. The number of carboxylic acids is 1. The normalized spacial score (nSPS) is 11.4. The van der Waals surface area contributed by atoms with Gasteiger partial charge in [0.2, 0.25) is 0 Å². The highest BCUT2D eigenvalue weighted by atomic mass is 16.4. The van der Waals surface area contributed by atoms with E-state index < -0.39 is 11.4 Å². The summed E-state index contributed by atoms with van der Waals surface area (Å²) in [5.74, 6) is -0.530. The Kier molecular flexibility index (Phi) is 3.39. The summed E-state index contributed by atoms with van der Waals surface area (Å²) in [5, 5.41) is 9.04. The van der Waals surface area contributed by atoms with E-state index in [1.807, 2.05) is 6.07 Å². The predicted octanol–water partition coefficient (Wildman–Crippen LogP) is 1.79. The second-order valence-corrected chi connectivity index (χ2v) is 4.05. The highest BCUT2D eigenvalue weighted by Gasteiger charge is 2.32. The van der Waals surface area contributed by atoms with Crippen LogP contribution in [0.5, 0.6) is 0 Å². The Hall–Kier alpha value is -1.45. The van der Waals surface area contributed by atoms with E-state index in [0.717, 1.165) is 18.5 Å². The molecule has 0 saturated carbocycles. The molecule has 0 aliphatic rings. The molecule has 4 nitrogen and oxygen atoms in total. The summed E-state index contributed by atoms with van der Waals surface area (Å²) >= 11 is 0. The fourth-order valence-corrected chi connectivity index (χ4v) is 1.19. The summed E-state index contributed by atoms with van der Waals surface area (Å²) in [7, 11) is 0. The van der Waals surface area contributed by atoms with Crippen LogP contribution in [0.3, 0.4) is 0 Å². The maximum atomic E-state index is 11.0. The molecule has 1 aromatic heterocycles. The fourth-order valence-electron chi connectivity index (χ4n) is 1.19. The second kappa shape index (κ2) is 4.38. The highest BCUT2D eigenvalue weighted by Crippen LogP contribution is 2.19. The summed E-state index contributed by atoms with van der Waals surface area (Å²) in [5.41, 5.74) is -0.124. The van der Waals surface area contributed by atoms with Crippen molar-refractivity contribution in [1.29, 1.82) is 0 Å². The van der Waals surface area contributed by atoms with Crippen LogP contribution in [0.4, 0.5) is 0 Å². The topological polar surface area (TPSA) is 63.1 Å². The first-order valence-corrected chi connectivity index (χ1v) is 5.04. The van der Waals surface area contributed by atoms with Crippen LogP contribution in [0.25, 0.3) is 0 Å². The van der Waals surface area contributed by atoms with Crippen LogP contribution in [0, 0.1) is 0 Å².